The molecule has 122 valence electrons. The first-order valence-electron chi connectivity index (χ1n) is 7.96. The van der Waals surface area contributed by atoms with Crippen molar-refractivity contribution in [3.63, 3.8) is 0 Å². The Kier molecular flexibility index (Phi) is 5.28. The van der Waals surface area contributed by atoms with Crippen molar-refractivity contribution in [2.24, 2.45) is 0 Å². The number of ether oxygens (including phenoxy) is 2. The van der Waals surface area contributed by atoms with Gasteiger partial charge in [0.05, 0.1) is 13.7 Å². The van der Waals surface area contributed by atoms with Crippen molar-refractivity contribution in [1.29, 1.82) is 0 Å². The Labute approximate surface area is 137 Å². The Morgan fingerprint density at radius 2 is 1.91 bits per heavy atom. The van der Waals surface area contributed by atoms with Crippen LogP contribution in [0.3, 0.4) is 0 Å². The van der Waals surface area contributed by atoms with E-state index in [2.05, 4.69) is 29.2 Å². The summed E-state index contributed by atoms with van der Waals surface area (Å²) in [5.74, 6) is 0.788. The predicted octanol–water partition coefficient (Wildman–Crippen LogP) is 2.63. The van der Waals surface area contributed by atoms with Gasteiger partial charge in [0.2, 0.25) is 0 Å². The van der Waals surface area contributed by atoms with E-state index in [1.807, 2.05) is 30.3 Å². The number of hydrogen-bond donors (Lipinski definition) is 1. The largest absolute Gasteiger partial charge is 0.497 e. The van der Waals surface area contributed by atoms with Crippen molar-refractivity contribution in [3.05, 3.63) is 65.7 Å². The minimum absolute atomic E-state index is 0.208. The standard InChI is InChI=1S/C19H23NO3/c1-22-17-9-7-16(8-10-17)19(21)18-14-20(11-12-23-18)13-15-5-3-2-4-6-15/h2-10,18-19,21H,11-14H2,1H3/t18-,19?/m0/s1. The van der Waals surface area contributed by atoms with E-state index >= 15 is 0 Å². The molecule has 2 aromatic rings. The highest BCUT2D eigenvalue weighted by molar-refractivity contribution is 5.29. The first-order chi connectivity index (χ1) is 11.3. The number of aliphatic hydroxyl groups excluding tert-OH is 1. The zero-order valence-corrected chi connectivity index (χ0v) is 13.4. The molecule has 23 heavy (non-hydrogen) atoms. The van der Waals surface area contributed by atoms with Gasteiger partial charge in [0.25, 0.3) is 0 Å². The van der Waals surface area contributed by atoms with Gasteiger partial charge in [-0.1, -0.05) is 42.5 Å². The van der Waals surface area contributed by atoms with Crippen molar-refractivity contribution in [1.82, 2.24) is 4.90 Å². The average molecular weight is 313 g/mol. The van der Waals surface area contributed by atoms with E-state index in [4.69, 9.17) is 9.47 Å². The molecule has 0 bridgehead atoms. The molecule has 1 aliphatic rings. The van der Waals surface area contributed by atoms with E-state index < -0.39 is 6.10 Å². The summed E-state index contributed by atoms with van der Waals surface area (Å²) >= 11 is 0. The van der Waals surface area contributed by atoms with Gasteiger partial charge < -0.3 is 14.6 Å². The van der Waals surface area contributed by atoms with E-state index in [9.17, 15) is 5.11 Å². The summed E-state index contributed by atoms with van der Waals surface area (Å²) < 4.78 is 11.0. The molecule has 0 saturated carbocycles. The Morgan fingerprint density at radius 3 is 2.61 bits per heavy atom. The molecule has 1 unspecified atom stereocenters. The van der Waals surface area contributed by atoms with Crippen molar-refractivity contribution in [3.8, 4) is 5.75 Å². The molecule has 1 saturated heterocycles. The van der Waals surface area contributed by atoms with Gasteiger partial charge in [-0.15, -0.1) is 0 Å². The molecule has 4 heteroatoms. The fraction of sp³-hybridized carbons (Fsp3) is 0.368. The van der Waals surface area contributed by atoms with Gasteiger partial charge in [0.15, 0.2) is 0 Å². The number of aliphatic hydroxyl groups is 1. The summed E-state index contributed by atoms with van der Waals surface area (Å²) in [5.41, 5.74) is 2.14. The third kappa shape index (κ3) is 4.10. The second kappa shape index (κ2) is 7.59. The molecule has 1 heterocycles. The number of methoxy groups -OCH3 is 1. The summed E-state index contributed by atoms with van der Waals surface area (Å²) in [4.78, 5) is 2.33. The van der Waals surface area contributed by atoms with Crippen molar-refractivity contribution in [2.75, 3.05) is 26.8 Å². The van der Waals surface area contributed by atoms with Crippen LogP contribution >= 0.6 is 0 Å². The molecule has 1 fully saturated rings. The third-order valence-electron chi connectivity index (χ3n) is 4.24. The molecule has 1 N–H and O–H groups in total. The van der Waals surface area contributed by atoms with Gasteiger partial charge in [-0.2, -0.15) is 0 Å². The van der Waals surface area contributed by atoms with Crippen molar-refractivity contribution < 1.29 is 14.6 Å². The molecule has 4 nitrogen and oxygen atoms in total. The van der Waals surface area contributed by atoms with Crippen LogP contribution in [-0.4, -0.2) is 42.9 Å². The smallest absolute Gasteiger partial charge is 0.118 e. The zero-order chi connectivity index (χ0) is 16.1. The SMILES string of the molecule is COc1ccc(C(O)[C@@H]2CN(Cc3ccccc3)CCO2)cc1. The van der Waals surface area contributed by atoms with E-state index in [1.165, 1.54) is 5.56 Å². The second-order valence-corrected chi connectivity index (χ2v) is 5.85. The first kappa shape index (κ1) is 16.0. The molecular weight excluding hydrogens is 290 g/mol. The quantitative estimate of drug-likeness (QED) is 0.921. The number of morpholine rings is 1. The maximum Gasteiger partial charge on any atom is 0.118 e. The predicted molar refractivity (Wildman–Crippen MR) is 89.4 cm³/mol. The Hall–Kier alpha value is -1.88. The highest BCUT2D eigenvalue weighted by Crippen LogP contribution is 2.24. The van der Waals surface area contributed by atoms with Crippen molar-refractivity contribution in [2.45, 2.75) is 18.8 Å². The highest BCUT2D eigenvalue weighted by Gasteiger charge is 2.27. The molecule has 0 radical (unpaired) electrons. The molecule has 2 atom stereocenters. The molecule has 0 aliphatic carbocycles. The van der Waals surface area contributed by atoms with Gasteiger partial charge >= 0.3 is 0 Å². The monoisotopic (exact) mass is 313 g/mol. The minimum Gasteiger partial charge on any atom is -0.497 e. The van der Waals surface area contributed by atoms with E-state index in [-0.39, 0.29) is 6.10 Å². The summed E-state index contributed by atoms with van der Waals surface area (Å²) in [6.45, 7) is 3.14. The lowest BCUT2D eigenvalue weighted by atomic mass is 10.0. The molecule has 3 rings (SSSR count). The lowest BCUT2D eigenvalue weighted by Gasteiger charge is -2.35. The third-order valence-corrected chi connectivity index (χ3v) is 4.24. The molecule has 0 amide bonds. The Morgan fingerprint density at radius 1 is 1.17 bits per heavy atom. The van der Waals surface area contributed by atoms with Crippen LogP contribution in [0.1, 0.15) is 17.2 Å². The highest BCUT2D eigenvalue weighted by atomic mass is 16.5. The number of rotatable bonds is 5. The first-order valence-corrected chi connectivity index (χ1v) is 7.96. The summed E-state index contributed by atoms with van der Waals surface area (Å²) in [6.07, 6.45) is -0.833. The average Bonchev–Trinajstić information content (AvgIpc) is 2.62. The van der Waals surface area contributed by atoms with Crippen molar-refractivity contribution >= 4 is 0 Å². The maximum atomic E-state index is 10.6. The molecule has 0 spiro atoms. The Balaban J connectivity index is 1.62. The summed E-state index contributed by atoms with van der Waals surface area (Å²) in [7, 11) is 1.64. The van der Waals surface area contributed by atoms with Crippen LogP contribution in [0.4, 0.5) is 0 Å². The number of nitrogens with zero attached hydrogens (tertiary/aromatic N) is 1. The van der Waals surface area contributed by atoms with Gasteiger partial charge in [-0.05, 0) is 23.3 Å². The molecular formula is C19H23NO3. The number of benzene rings is 2. The summed E-state index contributed by atoms with van der Waals surface area (Å²) in [6, 6.07) is 17.9. The topological polar surface area (TPSA) is 41.9 Å². The molecule has 2 aromatic carbocycles. The summed E-state index contributed by atoms with van der Waals surface area (Å²) in [5, 5.41) is 10.6. The number of hydrogen-bond acceptors (Lipinski definition) is 4. The van der Waals surface area contributed by atoms with Crippen LogP contribution in [0.2, 0.25) is 0 Å². The van der Waals surface area contributed by atoms with Crippen LogP contribution in [-0.2, 0) is 11.3 Å². The minimum atomic E-state index is -0.625. The zero-order valence-electron chi connectivity index (χ0n) is 13.4. The normalized spacial score (nSPS) is 20.2. The van der Waals surface area contributed by atoms with Crippen LogP contribution in [0.25, 0.3) is 0 Å². The van der Waals surface area contributed by atoms with Gasteiger partial charge in [0, 0.05) is 19.6 Å². The molecule has 1 aliphatic heterocycles. The van der Waals surface area contributed by atoms with Crippen LogP contribution in [0, 0.1) is 0 Å². The van der Waals surface area contributed by atoms with Gasteiger partial charge in [0.1, 0.15) is 18.0 Å². The van der Waals surface area contributed by atoms with Crippen LogP contribution < -0.4 is 4.74 Å². The van der Waals surface area contributed by atoms with Crippen LogP contribution in [0.5, 0.6) is 5.75 Å². The second-order valence-electron chi connectivity index (χ2n) is 5.85. The Bertz CT molecular complexity index is 600. The van der Waals surface area contributed by atoms with Gasteiger partial charge in [-0.25, -0.2) is 0 Å². The fourth-order valence-electron chi connectivity index (χ4n) is 2.92. The van der Waals surface area contributed by atoms with E-state index in [0.717, 1.165) is 30.9 Å². The maximum absolute atomic E-state index is 10.6. The lowest BCUT2D eigenvalue weighted by molar-refractivity contribution is -0.0918. The lowest BCUT2D eigenvalue weighted by Crippen LogP contribution is -2.44. The van der Waals surface area contributed by atoms with Crippen LogP contribution in [0.15, 0.2) is 54.6 Å². The fourth-order valence-corrected chi connectivity index (χ4v) is 2.92. The van der Waals surface area contributed by atoms with Gasteiger partial charge in [-0.3, -0.25) is 4.90 Å². The van der Waals surface area contributed by atoms with E-state index in [1.54, 1.807) is 7.11 Å². The van der Waals surface area contributed by atoms with E-state index in [0.29, 0.717) is 6.61 Å². The molecule has 0 aromatic heterocycles.